The van der Waals surface area contributed by atoms with Crippen LogP contribution in [0.15, 0.2) is 54.7 Å². The van der Waals surface area contributed by atoms with Crippen LogP contribution in [0.25, 0.3) is 10.9 Å². The SMILES string of the molecule is CCCNC(=O)CC(c1ccc(C(C)(C)C)cc1)c1c[nH]c2ccccc12. The third-order valence-corrected chi connectivity index (χ3v) is 5.14. The fraction of sp³-hybridized carbons (Fsp3) is 0.375. The Hall–Kier alpha value is -2.55. The van der Waals surface area contributed by atoms with Gasteiger partial charge >= 0.3 is 0 Å². The van der Waals surface area contributed by atoms with Crippen molar-refractivity contribution >= 4 is 16.8 Å². The van der Waals surface area contributed by atoms with Gasteiger partial charge in [-0.15, -0.1) is 0 Å². The van der Waals surface area contributed by atoms with Gasteiger partial charge in [0.05, 0.1) is 0 Å². The number of carbonyl (C=O) groups excluding carboxylic acids is 1. The Kier molecular flexibility index (Phi) is 5.69. The van der Waals surface area contributed by atoms with Crippen LogP contribution in [0.5, 0.6) is 0 Å². The average Bonchev–Trinajstić information content (AvgIpc) is 3.08. The monoisotopic (exact) mass is 362 g/mol. The standard InChI is InChI=1S/C24H30N2O/c1-5-14-25-23(27)15-20(17-10-12-18(13-11-17)24(2,3)4)21-16-26-22-9-7-6-8-19(21)22/h6-13,16,20,26H,5,14-15H2,1-4H3,(H,25,27). The van der Waals surface area contributed by atoms with Crippen LogP contribution in [-0.2, 0) is 10.2 Å². The molecule has 1 aromatic heterocycles. The van der Waals surface area contributed by atoms with Gasteiger partial charge in [0, 0.05) is 36.0 Å². The van der Waals surface area contributed by atoms with Crippen molar-refractivity contribution in [3.05, 3.63) is 71.4 Å². The number of nitrogens with one attached hydrogen (secondary N) is 2. The molecule has 0 saturated carbocycles. The molecular weight excluding hydrogens is 332 g/mol. The first-order valence-corrected chi connectivity index (χ1v) is 9.83. The average molecular weight is 363 g/mol. The summed E-state index contributed by atoms with van der Waals surface area (Å²) in [6.45, 7) is 9.46. The summed E-state index contributed by atoms with van der Waals surface area (Å²) in [7, 11) is 0. The Balaban J connectivity index is 1.98. The minimum atomic E-state index is 0.0343. The molecule has 0 aliphatic rings. The number of para-hydroxylation sites is 1. The Morgan fingerprint density at radius 2 is 1.78 bits per heavy atom. The molecule has 0 radical (unpaired) electrons. The van der Waals surface area contributed by atoms with Gasteiger partial charge in [-0.3, -0.25) is 4.79 Å². The topological polar surface area (TPSA) is 44.9 Å². The van der Waals surface area contributed by atoms with Crippen molar-refractivity contribution in [3.8, 4) is 0 Å². The van der Waals surface area contributed by atoms with Gasteiger partial charge in [-0.1, -0.05) is 70.2 Å². The highest BCUT2D eigenvalue weighted by Crippen LogP contribution is 2.34. The Morgan fingerprint density at radius 3 is 2.44 bits per heavy atom. The molecule has 0 spiro atoms. The van der Waals surface area contributed by atoms with Gasteiger partial charge in [0.25, 0.3) is 0 Å². The Labute approximate surface area is 162 Å². The first kappa shape index (κ1) is 19.2. The van der Waals surface area contributed by atoms with E-state index < -0.39 is 0 Å². The molecule has 3 heteroatoms. The number of aromatic amines is 1. The van der Waals surface area contributed by atoms with Crippen molar-refractivity contribution in [1.29, 1.82) is 0 Å². The second-order valence-electron chi connectivity index (χ2n) is 8.27. The van der Waals surface area contributed by atoms with E-state index in [1.54, 1.807) is 0 Å². The molecule has 3 rings (SSSR count). The van der Waals surface area contributed by atoms with Crippen molar-refractivity contribution in [2.24, 2.45) is 0 Å². The highest BCUT2D eigenvalue weighted by Gasteiger charge is 2.22. The van der Waals surface area contributed by atoms with E-state index in [0.29, 0.717) is 6.42 Å². The predicted octanol–water partition coefficient (Wildman–Crippen LogP) is 5.51. The van der Waals surface area contributed by atoms with E-state index in [-0.39, 0.29) is 17.2 Å². The highest BCUT2D eigenvalue weighted by atomic mass is 16.1. The lowest BCUT2D eigenvalue weighted by Gasteiger charge is -2.22. The van der Waals surface area contributed by atoms with Crippen LogP contribution < -0.4 is 5.32 Å². The second kappa shape index (κ2) is 7.99. The third-order valence-electron chi connectivity index (χ3n) is 5.14. The zero-order chi connectivity index (χ0) is 19.4. The quantitative estimate of drug-likeness (QED) is 0.596. The van der Waals surface area contributed by atoms with Gasteiger partial charge in [0.2, 0.25) is 5.91 Å². The molecule has 142 valence electrons. The maximum absolute atomic E-state index is 12.5. The molecule has 1 unspecified atom stereocenters. The number of hydrogen-bond acceptors (Lipinski definition) is 1. The molecule has 2 aromatic carbocycles. The fourth-order valence-electron chi connectivity index (χ4n) is 3.53. The third kappa shape index (κ3) is 4.41. The number of hydrogen-bond donors (Lipinski definition) is 2. The van der Waals surface area contributed by atoms with Gasteiger partial charge < -0.3 is 10.3 Å². The van der Waals surface area contributed by atoms with Gasteiger partial charge in [-0.2, -0.15) is 0 Å². The first-order valence-electron chi connectivity index (χ1n) is 9.83. The van der Waals surface area contributed by atoms with Crippen molar-refractivity contribution in [2.75, 3.05) is 6.54 Å². The summed E-state index contributed by atoms with van der Waals surface area (Å²) in [6.07, 6.45) is 3.46. The van der Waals surface area contributed by atoms with E-state index in [4.69, 9.17) is 0 Å². The molecule has 0 aliphatic heterocycles. The van der Waals surface area contributed by atoms with E-state index in [0.717, 1.165) is 18.5 Å². The van der Waals surface area contributed by atoms with Gasteiger partial charge in [0.15, 0.2) is 0 Å². The van der Waals surface area contributed by atoms with Crippen LogP contribution in [0.1, 0.15) is 63.1 Å². The predicted molar refractivity (Wildman–Crippen MR) is 113 cm³/mol. The van der Waals surface area contributed by atoms with Crippen LogP contribution in [0, 0.1) is 0 Å². The minimum Gasteiger partial charge on any atom is -0.361 e. The zero-order valence-corrected chi connectivity index (χ0v) is 16.8. The second-order valence-corrected chi connectivity index (χ2v) is 8.27. The minimum absolute atomic E-state index is 0.0343. The number of H-pyrrole nitrogens is 1. The number of amides is 1. The smallest absolute Gasteiger partial charge is 0.220 e. The van der Waals surface area contributed by atoms with Crippen molar-refractivity contribution in [1.82, 2.24) is 10.3 Å². The molecule has 0 saturated heterocycles. The van der Waals surface area contributed by atoms with Crippen molar-refractivity contribution in [3.63, 3.8) is 0 Å². The van der Waals surface area contributed by atoms with Crippen molar-refractivity contribution < 1.29 is 4.79 Å². The molecule has 1 heterocycles. The lowest BCUT2D eigenvalue weighted by atomic mass is 9.83. The van der Waals surface area contributed by atoms with Crippen LogP contribution in [0.2, 0.25) is 0 Å². The lowest BCUT2D eigenvalue weighted by Crippen LogP contribution is -2.26. The largest absolute Gasteiger partial charge is 0.361 e. The summed E-state index contributed by atoms with van der Waals surface area (Å²) < 4.78 is 0. The van der Waals surface area contributed by atoms with E-state index in [1.165, 1.54) is 22.1 Å². The number of carbonyl (C=O) groups is 1. The summed E-state index contributed by atoms with van der Waals surface area (Å²) in [6, 6.07) is 17.0. The highest BCUT2D eigenvalue weighted by molar-refractivity contribution is 5.86. The Bertz CT molecular complexity index is 900. The molecule has 2 N–H and O–H groups in total. The van der Waals surface area contributed by atoms with Crippen LogP contribution >= 0.6 is 0 Å². The van der Waals surface area contributed by atoms with Crippen molar-refractivity contribution in [2.45, 2.75) is 51.9 Å². The molecular formula is C24H30N2O. The Morgan fingerprint density at radius 1 is 1.07 bits per heavy atom. The molecule has 3 nitrogen and oxygen atoms in total. The molecule has 0 aliphatic carbocycles. The normalized spacial score (nSPS) is 12.9. The van der Waals surface area contributed by atoms with Crippen LogP contribution in [-0.4, -0.2) is 17.4 Å². The summed E-state index contributed by atoms with van der Waals surface area (Å²) >= 11 is 0. The fourth-order valence-corrected chi connectivity index (χ4v) is 3.53. The summed E-state index contributed by atoms with van der Waals surface area (Å²) in [4.78, 5) is 15.9. The van der Waals surface area contributed by atoms with Crippen LogP contribution in [0.4, 0.5) is 0 Å². The molecule has 0 fully saturated rings. The van der Waals surface area contributed by atoms with Gasteiger partial charge in [-0.25, -0.2) is 0 Å². The summed E-state index contributed by atoms with van der Waals surface area (Å²) in [5.41, 5.74) is 4.89. The van der Waals surface area contributed by atoms with Gasteiger partial charge in [0.1, 0.15) is 0 Å². The molecule has 27 heavy (non-hydrogen) atoms. The summed E-state index contributed by atoms with van der Waals surface area (Å²) in [5.74, 6) is 0.138. The first-order chi connectivity index (χ1) is 12.9. The number of fused-ring (bicyclic) bond motifs is 1. The zero-order valence-electron chi connectivity index (χ0n) is 16.8. The number of aromatic nitrogens is 1. The van der Waals surface area contributed by atoms with Gasteiger partial charge in [-0.05, 0) is 34.6 Å². The molecule has 3 aromatic rings. The van der Waals surface area contributed by atoms with E-state index >= 15 is 0 Å². The number of rotatable bonds is 6. The van der Waals surface area contributed by atoms with E-state index in [1.807, 2.05) is 6.07 Å². The molecule has 0 bridgehead atoms. The van der Waals surface area contributed by atoms with E-state index in [2.05, 4.69) is 86.7 Å². The molecule has 1 amide bonds. The summed E-state index contributed by atoms with van der Waals surface area (Å²) in [5, 5.41) is 4.21. The van der Waals surface area contributed by atoms with Crippen LogP contribution in [0.3, 0.4) is 0 Å². The lowest BCUT2D eigenvalue weighted by molar-refractivity contribution is -0.121. The maximum Gasteiger partial charge on any atom is 0.220 e. The number of benzene rings is 2. The molecule has 1 atom stereocenters. The maximum atomic E-state index is 12.5. The van der Waals surface area contributed by atoms with E-state index in [9.17, 15) is 4.79 Å².